The molecule has 0 bridgehead atoms. The van der Waals surface area contributed by atoms with Crippen molar-refractivity contribution >= 4 is 5.97 Å². The van der Waals surface area contributed by atoms with Gasteiger partial charge in [-0.3, -0.25) is 0 Å². The Bertz CT molecular complexity index is 361. The van der Waals surface area contributed by atoms with Crippen LogP contribution in [0.5, 0.6) is 5.75 Å². The summed E-state index contributed by atoms with van der Waals surface area (Å²) in [4.78, 5) is 11.3. The molecule has 0 heterocycles. The van der Waals surface area contributed by atoms with Gasteiger partial charge in [0.2, 0.25) is 0 Å². The molecule has 0 atom stereocenters. The van der Waals surface area contributed by atoms with Gasteiger partial charge in [0.25, 0.3) is 0 Å². The molecule has 0 radical (unpaired) electrons. The van der Waals surface area contributed by atoms with E-state index in [0.29, 0.717) is 5.75 Å². The Morgan fingerprint density at radius 1 is 1.36 bits per heavy atom. The Morgan fingerprint density at radius 2 is 2.00 bits per heavy atom. The van der Waals surface area contributed by atoms with E-state index in [1.807, 2.05) is 0 Å². The van der Waals surface area contributed by atoms with Gasteiger partial charge < -0.3 is 9.47 Å². The summed E-state index contributed by atoms with van der Waals surface area (Å²) in [6, 6.07) is 2.65. The average Bonchev–Trinajstić information content (AvgIpc) is 2.20. The SMILES string of the molecule is COC(=O)c1c(OC)ccc(F)c1C. The second-order valence-electron chi connectivity index (χ2n) is 2.74. The first-order valence-electron chi connectivity index (χ1n) is 4.03. The number of rotatable bonds is 2. The molecule has 0 N–H and O–H groups in total. The minimum atomic E-state index is -0.598. The fourth-order valence-corrected chi connectivity index (χ4v) is 1.19. The van der Waals surface area contributed by atoms with E-state index in [9.17, 15) is 9.18 Å². The van der Waals surface area contributed by atoms with Gasteiger partial charge in [-0.1, -0.05) is 0 Å². The molecular formula is C10H11FO3. The highest BCUT2D eigenvalue weighted by atomic mass is 19.1. The van der Waals surface area contributed by atoms with E-state index in [2.05, 4.69) is 4.74 Å². The predicted octanol–water partition coefficient (Wildman–Crippen LogP) is 1.93. The normalized spacial score (nSPS) is 9.71. The number of hydrogen-bond acceptors (Lipinski definition) is 3. The van der Waals surface area contributed by atoms with E-state index in [0.717, 1.165) is 0 Å². The van der Waals surface area contributed by atoms with Gasteiger partial charge in [0, 0.05) is 5.56 Å². The minimum Gasteiger partial charge on any atom is -0.496 e. The van der Waals surface area contributed by atoms with Crippen molar-refractivity contribution in [3.8, 4) is 5.75 Å². The van der Waals surface area contributed by atoms with Gasteiger partial charge >= 0.3 is 5.97 Å². The standard InChI is InChI=1S/C10H11FO3/c1-6-7(11)4-5-8(13-2)9(6)10(12)14-3/h4-5H,1-3H3. The number of halogens is 1. The van der Waals surface area contributed by atoms with E-state index in [4.69, 9.17) is 4.74 Å². The zero-order valence-electron chi connectivity index (χ0n) is 8.26. The van der Waals surface area contributed by atoms with Crippen LogP contribution in [0.1, 0.15) is 15.9 Å². The van der Waals surface area contributed by atoms with Crippen LogP contribution in [0.15, 0.2) is 12.1 Å². The van der Waals surface area contributed by atoms with Gasteiger partial charge in [0.1, 0.15) is 17.1 Å². The molecule has 0 unspecified atom stereocenters. The number of methoxy groups -OCH3 is 2. The Morgan fingerprint density at radius 3 is 2.50 bits per heavy atom. The fraction of sp³-hybridized carbons (Fsp3) is 0.300. The van der Waals surface area contributed by atoms with Gasteiger partial charge in [-0.2, -0.15) is 0 Å². The van der Waals surface area contributed by atoms with E-state index in [-0.39, 0.29) is 11.1 Å². The molecule has 0 spiro atoms. The van der Waals surface area contributed by atoms with Crippen molar-refractivity contribution in [1.29, 1.82) is 0 Å². The molecule has 14 heavy (non-hydrogen) atoms. The summed E-state index contributed by atoms with van der Waals surface area (Å²) in [6.07, 6.45) is 0. The Hall–Kier alpha value is -1.58. The summed E-state index contributed by atoms with van der Waals surface area (Å²) in [5, 5.41) is 0. The van der Waals surface area contributed by atoms with Crippen LogP contribution in [0.4, 0.5) is 4.39 Å². The molecule has 1 aromatic rings. The molecule has 76 valence electrons. The third-order valence-corrected chi connectivity index (χ3v) is 1.97. The topological polar surface area (TPSA) is 35.5 Å². The first-order valence-corrected chi connectivity index (χ1v) is 4.03. The van der Waals surface area contributed by atoms with Crippen LogP contribution in [-0.2, 0) is 4.74 Å². The maximum absolute atomic E-state index is 13.1. The van der Waals surface area contributed by atoms with E-state index < -0.39 is 11.8 Å². The highest BCUT2D eigenvalue weighted by Crippen LogP contribution is 2.24. The van der Waals surface area contributed by atoms with E-state index in [1.165, 1.54) is 33.3 Å². The molecular weight excluding hydrogens is 187 g/mol. The maximum Gasteiger partial charge on any atom is 0.342 e. The second-order valence-corrected chi connectivity index (χ2v) is 2.74. The summed E-state index contributed by atoms with van der Waals surface area (Å²) in [5.41, 5.74) is 0.367. The molecule has 3 nitrogen and oxygen atoms in total. The lowest BCUT2D eigenvalue weighted by atomic mass is 10.1. The molecule has 0 aromatic heterocycles. The molecule has 0 saturated carbocycles. The first-order chi connectivity index (χ1) is 6.61. The summed E-state index contributed by atoms with van der Waals surface area (Å²) < 4.78 is 22.6. The van der Waals surface area contributed by atoms with Crippen LogP contribution in [-0.4, -0.2) is 20.2 Å². The molecule has 0 fully saturated rings. The third-order valence-electron chi connectivity index (χ3n) is 1.97. The first kappa shape index (κ1) is 10.5. The van der Waals surface area contributed by atoms with Crippen molar-refractivity contribution in [3.63, 3.8) is 0 Å². The monoisotopic (exact) mass is 198 g/mol. The number of carbonyl (C=O) groups excluding carboxylic acids is 1. The van der Waals surface area contributed by atoms with Crippen LogP contribution < -0.4 is 4.74 Å². The van der Waals surface area contributed by atoms with Crippen LogP contribution in [0.2, 0.25) is 0 Å². The number of carbonyl (C=O) groups is 1. The van der Waals surface area contributed by atoms with Crippen molar-refractivity contribution < 1.29 is 18.7 Å². The predicted molar refractivity (Wildman–Crippen MR) is 49.0 cm³/mol. The smallest absolute Gasteiger partial charge is 0.342 e. The highest BCUT2D eigenvalue weighted by molar-refractivity contribution is 5.94. The number of benzene rings is 1. The van der Waals surface area contributed by atoms with Crippen molar-refractivity contribution in [2.45, 2.75) is 6.92 Å². The van der Waals surface area contributed by atoms with Gasteiger partial charge in [0.15, 0.2) is 0 Å². The molecule has 0 aliphatic heterocycles. The summed E-state index contributed by atoms with van der Waals surface area (Å²) in [6.45, 7) is 1.50. The molecule has 0 amide bonds. The number of hydrogen-bond donors (Lipinski definition) is 0. The molecule has 0 aliphatic carbocycles. The quantitative estimate of drug-likeness (QED) is 0.681. The maximum atomic E-state index is 13.1. The molecule has 1 rings (SSSR count). The fourth-order valence-electron chi connectivity index (χ4n) is 1.19. The minimum absolute atomic E-state index is 0.134. The van der Waals surface area contributed by atoms with Gasteiger partial charge in [-0.15, -0.1) is 0 Å². The second kappa shape index (κ2) is 4.09. The Kier molecular flexibility index (Phi) is 3.06. The third kappa shape index (κ3) is 1.69. The molecule has 0 aliphatic rings. The Labute approximate surface area is 81.4 Å². The van der Waals surface area contributed by atoms with Gasteiger partial charge in [0.05, 0.1) is 14.2 Å². The van der Waals surface area contributed by atoms with Crippen molar-refractivity contribution in [2.24, 2.45) is 0 Å². The summed E-state index contributed by atoms with van der Waals surface area (Å²) in [5.74, 6) is -0.735. The number of esters is 1. The molecule has 4 heteroatoms. The Balaban J connectivity index is 3.35. The lowest BCUT2D eigenvalue weighted by molar-refractivity contribution is 0.0595. The van der Waals surface area contributed by atoms with Crippen molar-refractivity contribution in [1.82, 2.24) is 0 Å². The number of ether oxygens (including phenoxy) is 2. The van der Waals surface area contributed by atoms with Crippen LogP contribution in [0.25, 0.3) is 0 Å². The lowest BCUT2D eigenvalue weighted by Gasteiger charge is -2.09. The zero-order chi connectivity index (χ0) is 10.7. The van der Waals surface area contributed by atoms with E-state index in [1.54, 1.807) is 0 Å². The van der Waals surface area contributed by atoms with E-state index >= 15 is 0 Å². The zero-order valence-corrected chi connectivity index (χ0v) is 8.26. The van der Waals surface area contributed by atoms with Crippen molar-refractivity contribution in [2.75, 3.05) is 14.2 Å². The summed E-state index contributed by atoms with van der Waals surface area (Å²) in [7, 11) is 2.66. The lowest BCUT2D eigenvalue weighted by Crippen LogP contribution is -2.07. The van der Waals surface area contributed by atoms with Crippen molar-refractivity contribution in [3.05, 3.63) is 29.1 Å². The molecule has 1 aromatic carbocycles. The largest absolute Gasteiger partial charge is 0.496 e. The van der Waals surface area contributed by atoms with Gasteiger partial charge in [-0.05, 0) is 19.1 Å². The summed E-state index contributed by atoms with van der Waals surface area (Å²) >= 11 is 0. The highest BCUT2D eigenvalue weighted by Gasteiger charge is 2.18. The average molecular weight is 198 g/mol. The van der Waals surface area contributed by atoms with Crippen LogP contribution >= 0.6 is 0 Å². The van der Waals surface area contributed by atoms with Crippen LogP contribution in [0.3, 0.4) is 0 Å². The van der Waals surface area contributed by atoms with Crippen LogP contribution in [0, 0.1) is 12.7 Å². The van der Waals surface area contributed by atoms with Gasteiger partial charge in [-0.25, -0.2) is 9.18 Å². The molecule has 0 saturated heterocycles.